The van der Waals surface area contributed by atoms with E-state index in [0.29, 0.717) is 12.1 Å². The number of nitrogens with one attached hydrogen (secondary N) is 1. The maximum Gasteiger partial charge on any atom is 0.00693 e. The van der Waals surface area contributed by atoms with Crippen LogP contribution in [-0.2, 0) is 0 Å². The molecule has 0 aromatic rings. The van der Waals surface area contributed by atoms with E-state index in [9.17, 15) is 0 Å². The van der Waals surface area contributed by atoms with Gasteiger partial charge in [-0.25, -0.2) is 0 Å². The molecule has 0 heterocycles. The van der Waals surface area contributed by atoms with Crippen molar-refractivity contribution in [1.82, 2.24) is 5.32 Å². The lowest BCUT2D eigenvalue weighted by Gasteiger charge is -2.24. The van der Waals surface area contributed by atoms with Gasteiger partial charge in [-0.3, -0.25) is 0 Å². The minimum absolute atomic E-state index is 0.665. The smallest absolute Gasteiger partial charge is 0.00693 e. The van der Waals surface area contributed by atoms with Gasteiger partial charge in [0, 0.05) is 12.1 Å². The first-order valence-corrected chi connectivity index (χ1v) is 6.21. The average Bonchev–Trinajstić information content (AvgIpc) is 2.00. The fraction of sp³-hybridized carbons (Fsp3) is 1.00. The SMILES string of the molecule is CCC(CC(C)C)N[C@@H](C)CC(C)C. The minimum Gasteiger partial charge on any atom is -0.311 e. The molecule has 2 atom stereocenters. The van der Waals surface area contributed by atoms with E-state index in [1.54, 1.807) is 0 Å². The molecule has 0 aliphatic carbocycles. The van der Waals surface area contributed by atoms with Crippen molar-refractivity contribution < 1.29 is 0 Å². The van der Waals surface area contributed by atoms with Crippen molar-refractivity contribution in [3.05, 3.63) is 0 Å². The van der Waals surface area contributed by atoms with E-state index in [1.807, 2.05) is 0 Å². The summed E-state index contributed by atoms with van der Waals surface area (Å²) < 4.78 is 0. The normalized spacial score (nSPS) is 16.3. The largest absolute Gasteiger partial charge is 0.311 e. The quantitative estimate of drug-likeness (QED) is 0.657. The first kappa shape index (κ1) is 14.0. The molecule has 0 aliphatic rings. The Hall–Kier alpha value is -0.0400. The summed E-state index contributed by atoms with van der Waals surface area (Å²) in [5.74, 6) is 1.60. The van der Waals surface area contributed by atoms with Gasteiger partial charge in [0.15, 0.2) is 0 Å². The lowest BCUT2D eigenvalue weighted by atomic mass is 9.99. The van der Waals surface area contributed by atoms with Gasteiger partial charge < -0.3 is 5.32 Å². The molecule has 14 heavy (non-hydrogen) atoms. The molecular formula is C13H29N. The first-order chi connectivity index (χ1) is 6.45. The van der Waals surface area contributed by atoms with Crippen LogP contribution in [0.25, 0.3) is 0 Å². The van der Waals surface area contributed by atoms with Crippen LogP contribution in [0.5, 0.6) is 0 Å². The molecule has 0 radical (unpaired) electrons. The Balaban J connectivity index is 3.79. The van der Waals surface area contributed by atoms with Crippen molar-refractivity contribution in [2.45, 2.75) is 72.9 Å². The van der Waals surface area contributed by atoms with Crippen LogP contribution in [0.4, 0.5) is 0 Å². The lowest BCUT2D eigenvalue weighted by molar-refractivity contribution is 0.343. The molecule has 1 N–H and O–H groups in total. The van der Waals surface area contributed by atoms with Crippen LogP contribution >= 0.6 is 0 Å². The van der Waals surface area contributed by atoms with Gasteiger partial charge >= 0.3 is 0 Å². The Bertz CT molecular complexity index is 129. The van der Waals surface area contributed by atoms with Crippen LogP contribution in [0.3, 0.4) is 0 Å². The molecule has 0 rings (SSSR count). The third kappa shape index (κ3) is 7.37. The van der Waals surface area contributed by atoms with Crippen molar-refractivity contribution >= 4 is 0 Å². The zero-order valence-corrected chi connectivity index (χ0v) is 10.9. The van der Waals surface area contributed by atoms with Crippen LogP contribution in [0.1, 0.15) is 60.8 Å². The molecule has 1 heteroatoms. The van der Waals surface area contributed by atoms with E-state index in [1.165, 1.54) is 19.3 Å². The van der Waals surface area contributed by atoms with E-state index < -0.39 is 0 Å². The van der Waals surface area contributed by atoms with Crippen LogP contribution in [0.2, 0.25) is 0 Å². The molecule has 0 spiro atoms. The number of rotatable bonds is 7. The Morgan fingerprint density at radius 2 is 1.36 bits per heavy atom. The highest BCUT2D eigenvalue weighted by Crippen LogP contribution is 2.11. The topological polar surface area (TPSA) is 12.0 Å². The summed E-state index contributed by atoms with van der Waals surface area (Å²) in [6.07, 6.45) is 3.84. The van der Waals surface area contributed by atoms with Crippen LogP contribution in [0, 0.1) is 11.8 Å². The fourth-order valence-electron chi connectivity index (χ4n) is 2.10. The van der Waals surface area contributed by atoms with Crippen molar-refractivity contribution in [2.24, 2.45) is 11.8 Å². The van der Waals surface area contributed by atoms with E-state index in [0.717, 1.165) is 11.8 Å². The fourth-order valence-corrected chi connectivity index (χ4v) is 2.10. The molecule has 0 aliphatic heterocycles. The van der Waals surface area contributed by atoms with Gasteiger partial charge in [-0.15, -0.1) is 0 Å². The van der Waals surface area contributed by atoms with Crippen LogP contribution in [0.15, 0.2) is 0 Å². The Kier molecular flexibility index (Phi) is 7.26. The lowest BCUT2D eigenvalue weighted by Crippen LogP contribution is -2.37. The second-order valence-corrected chi connectivity index (χ2v) is 5.43. The van der Waals surface area contributed by atoms with Gasteiger partial charge in [-0.2, -0.15) is 0 Å². The standard InChI is InChI=1S/C13H29N/c1-7-13(9-11(4)5)14-12(6)8-10(2)3/h10-14H,7-9H2,1-6H3/t12-,13?/m0/s1. The Labute approximate surface area is 90.7 Å². The zero-order chi connectivity index (χ0) is 11.1. The molecule has 0 aromatic heterocycles. The summed E-state index contributed by atoms with van der Waals surface area (Å²) in [5, 5.41) is 3.73. The highest BCUT2D eigenvalue weighted by molar-refractivity contribution is 4.72. The molecule has 0 saturated carbocycles. The van der Waals surface area contributed by atoms with E-state index in [2.05, 4.69) is 46.9 Å². The van der Waals surface area contributed by atoms with Crippen molar-refractivity contribution in [2.75, 3.05) is 0 Å². The molecular weight excluding hydrogens is 170 g/mol. The van der Waals surface area contributed by atoms with Crippen molar-refractivity contribution in [1.29, 1.82) is 0 Å². The average molecular weight is 199 g/mol. The first-order valence-electron chi connectivity index (χ1n) is 6.21. The summed E-state index contributed by atoms with van der Waals surface area (Å²) in [6.45, 7) is 13.8. The van der Waals surface area contributed by atoms with E-state index in [-0.39, 0.29) is 0 Å². The van der Waals surface area contributed by atoms with Crippen molar-refractivity contribution in [3.63, 3.8) is 0 Å². The van der Waals surface area contributed by atoms with Gasteiger partial charge in [0.1, 0.15) is 0 Å². The molecule has 1 nitrogen and oxygen atoms in total. The predicted octanol–water partition coefficient (Wildman–Crippen LogP) is 3.84. The van der Waals surface area contributed by atoms with E-state index >= 15 is 0 Å². The third-order valence-electron chi connectivity index (χ3n) is 2.59. The highest BCUT2D eigenvalue weighted by Gasteiger charge is 2.12. The maximum atomic E-state index is 3.73. The molecule has 0 fully saturated rings. The van der Waals surface area contributed by atoms with Gasteiger partial charge in [0.05, 0.1) is 0 Å². The second-order valence-electron chi connectivity index (χ2n) is 5.43. The summed E-state index contributed by atoms with van der Waals surface area (Å²) in [7, 11) is 0. The van der Waals surface area contributed by atoms with E-state index in [4.69, 9.17) is 0 Å². The minimum atomic E-state index is 0.665. The predicted molar refractivity (Wildman–Crippen MR) is 65.6 cm³/mol. The molecule has 0 saturated heterocycles. The molecule has 1 unspecified atom stereocenters. The van der Waals surface area contributed by atoms with Gasteiger partial charge in [-0.05, 0) is 38.0 Å². The summed E-state index contributed by atoms with van der Waals surface area (Å²) in [4.78, 5) is 0. The molecule has 86 valence electrons. The summed E-state index contributed by atoms with van der Waals surface area (Å²) >= 11 is 0. The monoisotopic (exact) mass is 199 g/mol. The molecule has 0 bridgehead atoms. The number of hydrogen-bond acceptors (Lipinski definition) is 1. The second kappa shape index (κ2) is 7.28. The van der Waals surface area contributed by atoms with Crippen LogP contribution in [-0.4, -0.2) is 12.1 Å². The Morgan fingerprint density at radius 1 is 0.857 bits per heavy atom. The van der Waals surface area contributed by atoms with Gasteiger partial charge in [0.25, 0.3) is 0 Å². The van der Waals surface area contributed by atoms with Gasteiger partial charge in [-0.1, -0.05) is 34.6 Å². The molecule has 0 amide bonds. The van der Waals surface area contributed by atoms with Crippen LogP contribution < -0.4 is 5.32 Å². The molecule has 0 aromatic carbocycles. The highest BCUT2D eigenvalue weighted by atomic mass is 14.9. The van der Waals surface area contributed by atoms with Gasteiger partial charge in [0.2, 0.25) is 0 Å². The summed E-state index contributed by atoms with van der Waals surface area (Å²) in [5.41, 5.74) is 0. The zero-order valence-electron chi connectivity index (χ0n) is 10.9. The number of hydrogen-bond donors (Lipinski definition) is 1. The Morgan fingerprint density at radius 3 is 1.71 bits per heavy atom. The third-order valence-corrected chi connectivity index (χ3v) is 2.59. The maximum absolute atomic E-state index is 3.73. The summed E-state index contributed by atoms with van der Waals surface area (Å²) in [6, 6.07) is 1.38. The van der Waals surface area contributed by atoms with Crippen molar-refractivity contribution in [3.8, 4) is 0 Å².